The summed E-state index contributed by atoms with van der Waals surface area (Å²) in [6.07, 6.45) is 2.26. The van der Waals surface area contributed by atoms with Crippen LogP contribution >= 0.6 is 11.3 Å². The maximum absolute atomic E-state index is 13.1. The van der Waals surface area contributed by atoms with Crippen LogP contribution < -0.4 is 5.32 Å². The minimum absolute atomic E-state index is 0.000896. The third-order valence-corrected chi connectivity index (χ3v) is 5.63. The SMILES string of the molecule is CC(C)C(NC(=O)N(Cc1cccs1)CC1CCCO1)c1ccccc1. The van der Waals surface area contributed by atoms with Crippen molar-refractivity contribution < 1.29 is 9.53 Å². The highest BCUT2D eigenvalue weighted by Gasteiger charge is 2.26. The number of urea groups is 1. The molecule has 1 aromatic carbocycles. The van der Waals surface area contributed by atoms with Crippen molar-refractivity contribution in [3.8, 4) is 0 Å². The Morgan fingerprint density at radius 3 is 2.69 bits per heavy atom. The first-order valence-corrected chi connectivity index (χ1v) is 10.3. The van der Waals surface area contributed by atoms with Gasteiger partial charge in [0.25, 0.3) is 0 Å². The van der Waals surface area contributed by atoms with Crippen LogP contribution in [0.25, 0.3) is 0 Å². The zero-order chi connectivity index (χ0) is 18.4. The molecule has 1 N–H and O–H groups in total. The van der Waals surface area contributed by atoms with Crippen LogP contribution in [0, 0.1) is 5.92 Å². The molecule has 2 unspecified atom stereocenters. The molecule has 2 heterocycles. The minimum Gasteiger partial charge on any atom is -0.376 e. The molecule has 5 heteroatoms. The van der Waals surface area contributed by atoms with Crippen molar-refractivity contribution in [1.82, 2.24) is 10.2 Å². The molecule has 1 fully saturated rings. The number of thiophene rings is 1. The van der Waals surface area contributed by atoms with Gasteiger partial charge in [-0.25, -0.2) is 4.79 Å². The van der Waals surface area contributed by atoms with E-state index in [2.05, 4.69) is 42.7 Å². The van der Waals surface area contributed by atoms with E-state index >= 15 is 0 Å². The van der Waals surface area contributed by atoms with Gasteiger partial charge in [-0.05, 0) is 35.8 Å². The van der Waals surface area contributed by atoms with Crippen LogP contribution in [0.5, 0.6) is 0 Å². The average molecular weight is 373 g/mol. The van der Waals surface area contributed by atoms with Gasteiger partial charge in [-0.1, -0.05) is 50.2 Å². The van der Waals surface area contributed by atoms with Gasteiger partial charge < -0.3 is 15.0 Å². The Balaban J connectivity index is 1.72. The lowest BCUT2D eigenvalue weighted by molar-refractivity contribution is 0.0787. The topological polar surface area (TPSA) is 41.6 Å². The molecular weight excluding hydrogens is 344 g/mol. The fourth-order valence-corrected chi connectivity index (χ4v) is 4.08. The molecule has 1 aliphatic heterocycles. The summed E-state index contributed by atoms with van der Waals surface area (Å²) in [5.41, 5.74) is 1.14. The van der Waals surface area contributed by atoms with E-state index in [0.29, 0.717) is 19.0 Å². The van der Waals surface area contributed by atoms with Crippen LogP contribution in [0.15, 0.2) is 47.8 Å². The molecular formula is C21H28N2O2S. The van der Waals surface area contributed by atoms with E-state index in [0.717, 1.165) is 25.0 Å². The van der Waals surface area contributed by atoms with Crippen molar-refractivity contribution in [1.29, 1.82) is 0 Å². The second kappa shape index (κ2) is 9.19. The predicted octanol–water partition coefficient (Wildman–Crippen LogP) is 4.84. The normalized spacial score (nSPS) is 18.0. The lowest BCUT2D eigenvalue weighted by atomic mass is 9.96. The summed E-state index contributed by atoms with van der Waals surface area (Å²) < 4.78 is 5.77. The first kappa shape index (κ1) is 18.9. The number of nitrogens with one attached hydrogen (secondary N) is 1. The monoisotopic (exact) mass is 372 g/mol. The number of hydrogen-bond donors (Lipinski definition) is 1. The Bertz CT molecular complexity index is 667. The van der Waals surface area contributed by atoms with Gasteiger partial charge in [0.1, 0.15) is 0 Å². The van der Waals surface area contributed by atoms with Gasteiger partial charge in [0, 0.05) is 18.0 Å². The van der Waals surface area contributed by atoms with Crippen LogP contribution in [0.4, 0.5) is 4.79 Å². The number of carbonyl (C=O) groups is 1. The number of ether oxygens (including phenoxy) is 1. The van der Waals surface area contributed by atoms with E-state index in [1.54, 1.807) is 11.3 Å². The smallest absolute Gasteiger partial charge is 0.318 e. The van der Waals surface area contributed by atoms with E-state index in [1.807, 2.05) is 29.2 Å². The summed E-state index contributed by atoms with van der Waals surface area (Å²) in [6.45, 7) is 6.35. The predicted molar refractivity (Wildman–Crippen MR) is 106 cm³/mol. The molecule has 1 aliphatic rings. The largest absolute Gasteiger partial charge is 0.376 e. The summed E-state index contributed by atoms with van der Waals surface area (Å²) >= 11 is 1.69. The van der Waals surface area contributed by atoms with Crippen molar-refractivity contribution in [2.75, 3.05) is 13.2 Å². The highest BCUT2D eigenvalue weighted by molar-refractivity contribution is 7.09. The Hall–Kier alpha value is -1.85. The summed E-state index contributed by atoms with van der Waals surface area (Å²) in [4.78, 5) is 16.2. The summed E-state index contributed by atoms with van der Waals surface area (Å²) in [7, 11) is 0. The van der Waals surface area contributed by atoms with Crippen LogP contribution in [0.1, 0.15) is 43.2 Å². The van der Waals surface area contributed by atoms with E-state index < -0.39 is 0 Å². The third-order valence-electron chi connectivity index (χ3n) is 4.77. The van der Waals surface area contributed by atoms with Crippen LogP contribution in [-0.2, 0) is 11.3 Å². The average Bonchev–Trinajstić information content (AvgIpc) is 3.33. The number of amides is 2. The van der Waals surface area contributed by atoms with Crippen molar-refractivity contribution in [2.45, 2.75) is 45.4 Å². The van der Waals surface area contributed by atoms with Crippen molar-refractivity contribution in [3.63, 3.8) is 0 Å². The molecule has 3 rings (SSSR count). The Morgan fingerprint density at radius 2 is 2.08 bits per heavy atom. The molecule has 0 spiro atoms. The Kier molecular flexibility index (Phi) is 6.69. The molecule has 0 saturated carbocycles. The van der Waals surface area contributed by atoms with E-state index in [1.165, 1.54) is 4.88 Å². The number of carbonyl (C=O) groups excluding carboxylic acids is 1. The highest BCUT2D eigenvalue weighted by atomic mass is 32.1. The maximum Gasteiger partial charge on any atom is 0.318 e. The number of rotatable bonds is 7. The van der Waals surface area contributed by atoms with Crippen molar-refractivity contribution >= 4 is 17.4 Å². The van der Waals surface area contributed by atoms with Gasteiger partial charge in [0.15, 0.2) is 0 Å². The molecule has 1 aromatic heterocycles. The molecule has 26 heavy (non-hydrogen) atoms. The number of benzene rings is 1. The molecule has 4 nitrogen and oxygen atoms in total. The molecule has 0 radical (unpaired) electrons. The molecule has 2 amide bonds. The standard InChI is InChI=1S/C21H28N2O2S/c1-16(2)20(17-8-4-3-5-9-17)22-21(24)23(14-18-10-6-12-25-18)15-19-11-7-13-26-19/h3-5,7-9,11,13,16,18,20H,6,10,12,14-15H2,1-2H3,(H,22,24). The molecule has 140 valence electrons. The van der Waals surface area contributed by atoms with Gasteiger partial charge in [-0.3, -0.25) is 0 Å². The highest BCUT2D eigenvalue weighted by Crippen LogP contribution is 2.23. The molecule has 0 aliphatic carbocycles. The maximum atomic E-state index is 13.1. The fraction of sp³-hybridized carbons (Fsp3) is 0.476. The van der Waals surface area contributed by atoms with Crippen molar-refractivity contribution in [2.24, 2.45) is 5.92 Å². The lowest BCUT2D eigenvalue weighted by Crippen LogP contribution is -2.45. The number of nitrogens with zero attached hydrogens (tertiary/aromatic N) is 1. The van der Waals surface area contributed by atoms with Crippen LogP contribution in [-0.4, -0.2) is 30.2 Å². The van der Waals surface area contributed by atoms with Crippen molar-refractivity contribution in [3.05, 3.63) is 58.3 Å². The first-order valence-electron chi connectivity index (χ1n) is 9.38. The number of hydrogen-bond acceptors (Lipinski definition) is 3. The molecule has 2 aromatic rings. The van der Waals surface area contributed by atoms with E-state index in [9.17, 15) is 4.79 Å². The van der Waals surface area contributed by atoms with Crippen LogP contribution in [0.3, 0.4) is 0 Å². The van der Waals surface area contributed by atoms with E-state index in [-0.39, 0.29) is 18.2 Å². The second-order valence-electron chi connectivity index (χ2n) is 7.18. The molecule has 2 atom stereocenters. The zero-order valence-electron chi connectivity index (χ0n) is 15.6. The second-order valence-corrected chi connectivity index (χ2v) is 8.21. The summed E-state index contributed by atoms with van der Waals surface area (Å²) in [5, 5.41) is 5.31. The first-order chi connectivity index (χ1) is 12.6. The van der Waals surface area contributed by atoms with Gasteiger partial charge in [-0.2, -0.15) is 0 Å². The quantitative estimate of drug-likeness (QED) is 0.756. The zero-order valence-corrected chi connectivity index (χ0v) is 16.4. The summed E-state index contributed by atoms with van der Waals surface area (Å²) in [6, 6.07) is 14.3. The Morgan fingerprint density at radius 1 is 1.27 bits per heavy atom. The lowest BCUT2D eigenvalue weighted by Gasteiger charge is -2.30. The Labute approximate surface area is 160 Å². The van der Waals surface area contributed by atoms with E-state index in [4.69, 9.17) is 4.74 Å². The third kappa shape index (κ3) is 5.08. The fourth-order valence-electron chi connectivity index (χ4n) is 3.36. The van der Waals surface area contributed by atoms with Crippen LogP contribution in [0.2, 0.25) is 0 Å². The summed E-state index contributed by atoms with van der Waals surface area (Å²) in [5.74, 6) is 0.313. The van der Waals surface area contributed by atoms with Gasteiger partial charge in [0.05, 0.1) is 18.7 Å². The van der Waals surface area contributed by atoms with Gasteiger partial charge in [-0.15, -0.1) is 11.3 Å². The molecule has 0 bridgehead atoms. The minimum atomic E-state index is -0.0172. The van der Waals surface area contributed by atoms with Gasteiger partial charge in [0.2, 0.25) is 0 Å². The van der Waals surface area contributed by atoms with Gasteiger partial charge >= 0.3 is 6.03 Å². The molecule has 1 saturated heterocycles.